The molecule has 25 heavy (non-hydrogen) atoms. The molecule has 6 nitrogen and oxygen atoms in total. The minimum atomic E-state index is -0.411. The van der Waals surface area contributed by atoms with Gasteiger partial charge in [0.05, 0.1) is 11.1 Å². The summed E-state index contributed by atoms with van der Waals surface area (Å²) in [5.74, 6) is -0.476. The second-order valence-corrected chi connectivity index (χ2v) is 5.92. The fourth-order valence-corrected chi connectivity index (χ4v) is 2.52. The fraction of sp³-hybridized carbons (Fsp3) is 0.316. The van der Waals surface area contributed by atoms with Crippen molar-refractivity contribution < 1.29 is 9.59 Å². The van der Waals surface area contributed by atoms with Gasteiger partial charge in [-0.3, -0.25) is 14.6 Å². The Labute approximate surface area is 147 Å². The Hall–Kier alpha value is -2.73. The SMILES string of the molecule is CCC(CC)(CN)NC(=O)c1cccc(NC(=O)c2cccnc2)c1. The summed E-state index contributed by atoms with van der Waals surface area (Å²) in [4.78, 5) is 28.7. The van der Waals surface area contributed by atoms with Crippen molar-refractivity contribution in [1.29, 1.82) is 0 Å². The summed E-state index contributed by atoms with van der Waals surface area (Å²) < 4.78 is 0. The summed E-state index contributed by atoms with van der Waals surface area (Å²) in [6.07, 6.45) is 4.60. The molecule has 2 aromatic rings. The standard InChI is InChI=1S/C19H24N4O2/c1-3-19(4-2,13-20)23-18(25)14-7-5-9-16(11-14)22-17(24)15-8-6-10-21-12-15/h5-12H,3-4,13,20H2,1-2H3,(H,22,24)(H,23,25). The number of nitrogens with two attached hydrogens (primary N) is 1. The largest absolute Gasteiger partial charge is 0.345 e. The van der Waals surface area contributed by atoms with Gasteiger partial charge in [-0.1, -0.05) is 19.9 Å². The molecule has 1 aromatic heterocycles. The quantitative estimate of drug-likeness (QED) is 0.721. The van der Waals surface area contributed by atoms with Gasteiger partial charge in [-0.15, -0.1) is 0 Å². The van der Waals surface area contributed by atoms with Crippen molar-refractivity contribution in [2.24, 2.45) is 5.73 Å². The first-order chi connectivity index (χ1) is 12.0. The lowest BCUT2D eigenvalue weighted by atomic mass is 9.92. The summed E-state index contributed by atoms with van der Waals surface area (Å²) >= 11 is 0. The summed E-state index contributed by atoms with van der Waals surface area (Å²) in [6.45, 7) is 4.38. The average Bonchev–Trinajstić information content (AvgIpc) is 2.67. The average molecular weight is 340 g/mol. The number of nitrogens with zero attached hydrogens (tertiary/aromatic N) is 1. The van der Waals surface area contributed by atoms with E-state index in [4.69, 9.17) is 5.73 Å². The van der Waals surface area contributed by atoms with Gasteiger partial charge >= 0.3 is 0 Å². The van der Waals surface area contributed by atoms with E-state index in [-0.39, 0.29) is 11.8 Å². The second kappa shape index (κ2) is 8.39. The van der Waals surface area contributed by atoms with E-state index in [0.29, 0.717) is 23.4 Å². The third-order valence-electron chi connectivity index (χ3n) is 4.43. The van der Waals surface area contributed by atoms with Crippen LogP contribution in [-0.2, 0) is 0 Å². The second-order valence-electron chi connectivity index (χ2n) is 5.92. The number of hydrogen-bond donors (Lipinski definition) is 3. The zero-order valence-electron chi connectivity index (χ0n) is 14.6. The van der Waals surface area contributed by atoms with Crippen LogP contribution in [0, 0.1) is 0 Å². The molecule has 0 atom stereocenters. The molecule has 0 fully saturated rings. The van der Waals surface area contributed by atoms with Gasteiger partial charge in [0.1, 0.15) is 0 Å². The maximum Gasteiger partial charge on any atom is 0.257 e. The van der Waals surface area contributed by atoms with E-state index in [1.54, 1.807) is 42.6 Å². The third-order valence-corrected chi connectivity index (χ3v) is 4.43. The van der Waals surface area contributed by atoms with Crippen LogP contribution >= 0.6 is 0 Å². The predicted molar refractivity (Wildman–Crippen MR) is 98.5 cm³/mol. The monoisotopic (exact) mass is 340 g/mol. The van der Waals surface area contributed by atoms with Crippen LogP contribution in [0.2, 0.25) is 0 Å². The number of carbonyl (C=O) groups excluding carboxylic acids is 2. The van der Waals surface area contributed by atoms with Gasteiger partial charge in [0.2, 0.25) is 0 Å². The molecule has 0 aliphatic rings. The highest BCUT2D eigenvalue weighted by molar-refractivity contribution is 6.05. The van der Waals surface area contributed by atoms with Gasteiger partial charge in [0.15, 0.2) is 0 Å². The molecule has 132 valence electrons. The molecule has 1 aromatic carbocycles. The first-order valence-electron chi connectivity index (χ1n) is 8.37. The van der Waals surface area contributed by atoms with E-state index in [0.717, 1.165) is 12.8 Å². The predicted octanol–water partition coefficient (Wildman–Crippen LogP) is 2.58. The van der Waals surface area contributed by atoms with Crippen LogP contribution in [0.25, 0.3) is 0 Å². The first kappa shape index (κ1) is 18.6. The van der Waals surface area contributed by atoms with Crippen LogP contribution in [0.5, 0.6) is 0 Å². The number of anilines is 1. The smallest absolute Gasteiger partial charge is 0.257 e. The lowest BCUT2D eigenvalue weighted by Gasteiger charge is -2.31. The molecular formula is C19H24N4O2. The Morgan fingerprint density at radius 2 is 1.80 bits per heavy atom. The lowest BCUT2D eigenvalue weighted by molar-refractivity contribution is 0.0894. The molecule has 0 spiro atoms. The molecular weight excluding hydrogens is 316 g/mol. The van der Waals surface area contributed by atoms with Crippen molar-refractivity contribution in [3.63, 3.8) is 0 Å². The number of hydrogen-bond acceptors (Lipinski definition) is 4. The van der Waals surface area contributed by atoms with Crippen molar-refractivity contribution in [3.05, 3.63) is 59.9 Å². The number of amides is 2. The third kappa shape index (κ3) is 4.64. The van der Waals surface area contributed by atoms with Gasteiger partial charge in [0, 0.05) is 30.2 Å². The number of rotatable bonds is 7. The van der Waals surface area contributed by atoms with Gasteiger partial charge < -0.3 is 16.4 Å². The van der Waals surface area contributed by atoms with Gasteiger partial charge in [-0.25, -0.2) is 0 Å². The highest BCUT2D eigenvalue weighted by atomic mass is 16.2. The van der Waals surface area contributed by atoms with Crippen LogP contribution in [0.3, 0.4) is 0 Å². The minimum absolute atomic E-state index is 0.202. The van der Waals surface area contributed by atoms with Crippen molar-refractivity contribution in [2.45, 2.75) is 32.2 Å². The summed E-state index contributed by atoms with van der Waals surface area (Å²) in [7, 11) is 0. The van der Waals surface area contributed by atoms with Crippen LogP contribution in [0.4, 0.5) is 5.69 Å². The molecule has 0 radical (unpaired) electrons. The zero-order chi connectivity index (χ0) is 18.3. The Morgan fingerprint density at radius 3 is 2.40 bits per heavy atom. The highest BCUT2D eigenvalue weighted by Gasteiger charge is 2.26. The van der Waals surface area contributed by atoms with Crippen molar-refractivity contribution in [1.82, 2.24) is 10.3 Å². The van der Waals surface area contributed by atoms with E-state index in [2.05, 4.69) is 15.6 Å². The number of benzene rings is 1. The summed E-state index contributed by atoms with van der Waals surface area (Å²) in [5.41, 5.74) is 6.91. The molecule has 6 heteroatoms. The molecule has 1 heterocycles. The van der Waals surface area contributed by atoms with Crippen molar-refractivity contribution >= 4 is 17.5 Å². The van der Waals surface area contributed by atoms with Crippen LogP contribution in [-0.4, -0.2) is 28.9 Å². The van der Waals surface area contributed by atoms with Crippen LogP contribution < -0.4 is 16.4 Å². The molecule has 0 saturated heterocycles. The molecule has 0 saturated carbocycles. The zero-order valence-corrected chi connectivity index (χ0v) is 14.6. The molecule has 2 rings (SSSR count). The maximum absolute atomic E-state index is 12.6. The van der Waals surface area contributed by atoms with Gasteiger partial charge in [-0.2, -0.15) is 0 Å². The fourth-order valence-electron chi connectivity index (χ4n) is 2.52. The molecule has 4 N–H and O–H groups in total. The molecule has 2 amide bonds. The number of nitrogens with one attached hydrogen (secondary N) is 2. The molecule has 0 unspecified atom stereocenters. The van der Waals surface area contributed by atoms with Gasteiger partial charge in [0.25, 0.3) is 11.8 Å². The summed E-state index contributed by atoms with van der Waals surface area (Å²) in [5, 5.41) is 5.80. The van der Waals surface area contributed by atoms with Crippen LogP contribution in [0.1, 0.15) is 47.4 Å². The topological polar surface area (TPSA) is 97.1 Å². The number of carbonyl (C=O) groups is 2. The normalized spacial score (nSPS) is 11.0. The van der Waals surface area contributed by atoms with E-state index in [1.807, 2.05) is 13.8 Å². The number of pyridine rings is 1. The molecule has 0 aliphatic heterocycles. The van der Waals surface area contributed by atoms with Crippen molar-refractivity contribution in [3.8, 4) is 0 Å². The Balaban J connectivity index is 2.13. The Morgan fingerprint density at radius 1 is 1.08 bits per heavy atom. The number of aromatic nitrogens is 1. The molecule has 0 aliphatic carbocycles. The summed E-state index contributed by atoms with van der Waals surface area (Å²) in [6, 6.07) is 10.2. The maximum atomic E-state index is 12.6. The van der Waals surface area contributed by atoms with E-state index in [1.165, 1.54) is 6.20 Å². The van der Waals surface area contributed by atoms with E-state index >= 15 is 0 Å². The van der Waals surface area contributed by atoms with Gasteiger partial charge in [-0.05, 0) is 43.2 Å². The van der Waals surface area contributed by atoms with E-state index in [9.17, 15) is 9.59 Å². The minimum Gasteiger partial charge on any atom is -0.345 e. The highest BCUT2D eigenvalue weighted by Crippen LogP contribution is 2.17. The first-order valence-corrected chi connectivity index (χ1v) is 8.37. The Bertz CT molecular complexity index is 719. The van der Waals surface area contributed by atoms with Crippen LogP contribution in [0.15, 0.2) is 48.8 Å². The lowest BCUT2D eigenvalue weighted by Crippen LogP contribution is -2.52. The van der Waals surface area contributed by atoms with E-state index < -0.39 is 5.54 Å². The Kier molecular flexibility index (Phi) is 6.25. The van der Waals surface area contributed by atoms with Crippen molar-refractivity contribution in [2.75, 3.05) is 11.9 Å². The molecule has 0 bridgehead atoms.